The standard InChI is InChI=1S/C18H19NO2/c1-3-14-12-19(16-10-6-7-11-17(16)21-14)18(20)15-9-5-4-8-13(15)2/h4-11,14H,3,12H2,1-2H3. The molecule has 1 amide bonds. The van der Waals surface area contributed by atoms with Crippen molar-refractivity contribution in [3.05, 3.63) is 59.7 Å². The molecule has 2 aromatic rings. The van der Waals surface area contributed by atoms with E-state index < -0.39 is 0 Å². The Hall–Kier alpha value is -2.29. The molecule has 0 N–H and O–H groups in total. The monoisotopic (exact) mass is 281 g/mol. The van der Waals surface area contributed by atoms with Gasteiger partial charge in [0.05, 0.1) is 12.2 Å². The summed E-state index contributed by atoms with van der Waals surface area (Å²) in [6.07, 6.45) is 0.930. The quantitative estimate of drug-likeness (QED) is 0.837. The second kappa shape index (κ2) is 5.60. The molecule has 0 bridgehead atoms. The number of para-hydroxylation sites is 2. The second-order valence-electron chi connectivity index (χ2n) is 5.35. The number of hydrogen-bond donors (Lipinski definition) is 0. The minimum Gasteiger partial charge on any atom is -0.486 e. The van der Waals surface area contributed by atoms with Gasteiger partial charge in [-0.15, -0.1) is 0 Å². The highest BCUT2D eigenvalue weighted by atomic mass is 16.5. The van der Waals surface area contributed by atoms with E-state index in [4.69, 9.17) is 4.74 Å². The molecule has 0 fully saturated rings. The molecule has 1 heterocycles. The van der Waals surface area contributed by atoms with E-state index in [9.17, 15) is 4.79 Å². The topological polar surface area (TPSA) is 29.5 Å². The summed E-state index contributed by atoms with van der Waals surface area (Å²) in [7, 11) is 0. The molecule has 108 valence electrons. The first-order chi connectivity index (χ1) is 10.2. The van der Waals surface area contributed by atoms with E-state index >= 15 is 0 Å². The van der Waals surface area contributed by atoms with Crippen LogP contribution in [-0.4, -0.2) is 18.6 Å². The Morgan fingerprint density at radius 1 is 1.19 bits per heavy atom. The normalized spacial score (nSPS) is 17.0. The van der Waals surface area contributed by atoms with Gasteiger partial charge in [0.2, 0.25) is 0 Å². The molecule has 21 heavy (non-hydrogen) atoms. The molecule has 3 rings (SSSR count). The maximum atomic E-state index is 12.9. The minimum absolute atomic E-state index is 0.0438. The summed E-state index contributed by atoms with van der Waals surface area (Å²) in [5.41, 5.74) is 2.61. The first kappa shape index (κ1) is 13.7. The molecule has 3 nitrogen and oxygen atoms in total. The van der Waals surface area contributed by atoms with Crippen LogP contribution in [-0.2, 0) is 0 Å². The summed E-state index contributed by atoms with van der Waals surface area (Å²) < 4.78 is 5.93. The molecule has 3 heteroatoms. The van der Waals surface area contributed by atoms with E-state index in [1.807, 2.05) is 60.4 Å². The maximum absolute atomic E-state index is 12.9. The molecule has 0 aromatic heterocycles. The van der Waals surface area contributed by atoms with Gasteiger partial charge in [0.1, 0.15) is 11.9 Å². The Labute approximate surface area is 125 Å². The van der Waals surface area contributed by atoms with Crippen molar-refractivity contribution in [3.8, 4) is 5.75 Å². The van der Waals surface area contributed by atoms with Crippen molar-refractivity contribution < 1.29 is 9.53 Å². The number of carbonyl (C=O) groups excluding carboxylic acids is 1. The Bertz CT molecular complexity index is 666. The average molecular weight is 281 g/mol. The smallest absolute Gasteiger partial charge is 0.258 e. The average Bonchev–Trinajstić information content (AvgIpc) is 2.53. The summed E-state index contributed by atoms with van der Waals surface area (Å²) >= 11 is 0. The number of nitrogens with zero attached hydrogens (tertiary/aromatic N) is 1. The number of benzene rings is 2. The summed E-state index contributed by atoms with van der Waals surface area (Å²) in [4.78, 5) is 14.8. The fourth-order valence-corrected chi connectivity index (χ4v) is 2.66. The Morgan fingerprint density at radius 2 is 1.90 bits per heavy atom. The van der Waals surface area contributed by atoms with Crippen molar-refractivity contribution in [2.75, 3.05) is 11.4 Å². The van der Waals surface area contributed by atoms with Crippen molar-refractivity contribution in [2.24, 2.45) is 0 Å². The predicted molar refractivity (Wildman–Crippen MR) is 84.0 cm³/mol. The minimum atomic E-state index is 0.0438. The zero-order valence-electron chi connectivity index (χ0n) is 12.4. The lowest BCUT2D eigenvalue weighted by Crippen LogP contribution is -2.43. The van der Waals surface area contributed by atoms with Crippen LogP contribution in [0.5, 0.6) is 5.75 Å². The third-order valence-electron chi connectivity index (χ3n) is 3.91. The number of rotatable bonds is 2. The van der Waals surface area contributed by atoms with Gasteiger partial charge in [-0.05, 0) is 37.1 Å². The van der Waals surface area contributed by atoms with E-state index in [-0.39, 0.29) is 12.0 Å². The Kier molecular flexibility index (Phi) is 3.65. The number of ether oxygens (including phenoxy) is 1. The highest BCUT2D eigenvalue weighted by molar-refractivity contribution is 6.08. The van der Waals surface area contributed by atoms with Crippen LogP contribution in [0.4, 0.5) is 5.69 Å². The Balaban J connectivity index is 2.01. The highest BCUT2D eigenvalue weighted by Crippen LogP contribution is 2.34. The van der Waals surface area contributed by atoms with E-state index in [0.29, 0.717) is 6.54 Å². The number of aryl methyl sites for hydroxylation is 1. The van der Waals surface area contributed by atoms with Gasteiger partial charge < -0.3 is 9.64 Å². The van der Waals surface area contributed by atoms with E-state index in [0.717, 1.165) is 29.0 Å². The zero-order chi connectivity index (χ0) is 14.8. The van der Waals surface area contributed by atoms with Crippen molar-refractivity contribution >= 4 is 11.6 Å². The van der Waals surface area contributed by atoms with Crippen LogP contribution in [0.1, 0.15) is 29.3 Å². The zero-order valence-corrected chi connectivity index (χ0v) is 12.4. The van der Waals surface area contributed by atoms with Crippen molar-refractivity contribution in [1.29, 1.82) is 0 Å². The fourth-order valence-electron chi connectivity index (χ4n) is 2.66. The first-order valence-corrected chi connectivity index (χ1v) is 7.34. The van der Waals surface area contributed by atoms with Crippen molar-refractivity contribution in [2.45, 2.75) is 26.4 Å². The first-order valence-electron chi connectivity index (χ1n) is 7.34. The van der Waals surface area contributed by atoms with Gasteiger partial charge in [0.25, 0.3) is 5.91 Å². The van der Waals surface area contributed by atoms with Crippen molar-refractivity contribution in [3.63, 3.8) is 0 Å². The number of anilines is 1. The molecule has 2 aromatic carbocycles. The van der Waals surface area contributed by atoms with Gasteiger partial charge in [-0.2, -0.15) is 0 Å². The molecule has 0 spiro atoms. The summed E-state index contributed by atoms with van der Waals surface area (Å²) in [6, 6.07) is 15.5. The third kappa shape index (κ3) is 2.51. The summed E-state index contributed by atoms with van der Waals surface area (Å²) in [5, 5.41) is 0. The highest BCUT2D eigenvalue weighted by Gasteiger charge is 2.29. The van der Waals surface area contributed by atoms with E-state index in [1.165, 1.54) is 0 Å². The van der Waals surface area contributed by atoms with Crippen LogP contribution in [0.3, 0.4) is 0 Å². The number of fused-ring (bicyclic) bond motifs is 1. The lowest BCUT2D eigenvalue weighted by Gasteiger charge is -2.34. The Morgan fingerprint density at radius 3 is 2.67 bits per heavy atom. The number of hydrogen-bond acceptors (Lipinski definition) is 2. The van der Waals surface area contributed by atoms with Gasteiger partial charge in [0.15, 0.2) is 0 Å². The van der Waals surface area contributed by atoms with Gasteiger partial charge in [-0.1, -0.05) is 37.3 Å². The molecule has 0 radical (unpaired) electrons. The lowest BCUT2D eigenvalue weighted by molar-refractivity contribution is 0.0954. The van der Waals surface area contributed by atoms with Crippen LogP contribution >= 0.6 is 0 Å². The van der Waals surface area contributed by atoms with Crippen LogP contribution in [0, 0.1) is 6.92 Å². The fraction of sp³-hybridized carbons (Fsp3) is 0.278. The molecule has 1 aliphatic rings. The van der Waals surface area contributed by atoms with Gasteiger partial charge in [0, 0.05) is 5.56 Å². The molecule has 0 saturated carbocycles. The van der Waals surface area contributed by atoms with E-state index in [2.05, 4.69) is 6.92 Å². The lowest BCUT2D eigenvalue weighted by atomic mass is 10.1. The van der Waals surface area contributed by atoms with E-state index in [1.54, 1.807) is 0 Å². The molecule has 1 aliphatic heterocycles. The van der Waals surface area contributed by atoms with Crippen LogP contribution in [0.15, 0.2) is 48.5 Å². The number of carbonyl (C=O) groups is 1. The van der Waals surface area contributed by atoms with Crippen molar-refractivity contribution in [1.82, 2.24) is 0 Å². The summed E-state index contributed by atoms with van der Waals surface area (Å²) in [6.45, 7) is 4.65. The van der Waals surface area contributed by atoms with Crippen LogP contribution in [0.2, 0.25) is 0 Å². The van der Waals surface area contributed by atoms with Gasteiger partial charge in [-0.25, -0.2) is 0 Å². The van der Waals surface area contributed by atoms with Crippen LogP contribution in [0.25, 0.3) is 0 Å². The molecule has 0 aliphatic carbocycles. The van der Waals surface area contributed by atoms with Crippen LogP contribution < -0.4 is 9.64 Å². The number of amides is 1. The molecule has 0 saturated heterocycles. The maximum Gasteiger partial charge on any atom is 0.258 e. The molecule has 1 unspecified atom stereocenters. The molecular weight excluding hydrogens is 262 g/mol. The van der Waals surface area contributed by atoms with Gasteiger partial charge >= 0.3 is 0 Å². The third-order valence-corrected chi connectivity index (χ3v) is 3.91. The SMILES string of the molecule is CCC1CN(C(=O)c2ccccc2C)c2ccccc2O1. The second-order valence-corrected chi connectivity index (χ2v) is 5.35. The van der Waals surface area contributed by atoms with Gasteiger partial charge in [-0.3, -0.25) is 4.79 Å². The molecular formula is C18H19NO2. The predicted octanol–water partition coefficient (Wildman–Crippen LogP) is 3.81. The molecule has 1 atom stereocenters. The largest absolute Gasteiger partial charge is 0.486 e. The summed E-state index contributed by atoms with van der Waals surface area (Å²) in [5.74, 6) is 0.833.